The Kier molecular flexibility index (Phi) is 4.90. The Morgan fingerprint density at radius 2 is 1.93 bits per heavy atom. The topological polar surface area (TPSA) is 91.1 Å². The molecule has 0 spiro atoms. The molecule has 2 saturated heterocycles. The number of rotatable bonds is 3. The summed E-state index contributed by atoms with van der Waals surface area (Å²) in [5.41, 5.74) is 4.93. The lowest BCUT2D eigenvalue weighted by Gasteiger charge is -2.36. The Hall–Kier alpha value is -2.36. The zero-order chi connectivity index (χ0) is 19.9. The predicted molar refractivity (Wildman–Crippen MR) is 97.3 cm³/mol. The number of piperidine rings is 1. The highest BCUT2D eigenvalue weighted by atomic mass is 19.4. The van der Waals surface area contributed by atoms with Gasteiger partial charge in [0.25, 0.3) is 0 Å². The van der Waals surface area contributed by atoms with Crippen LogP contribution < -0.4 is 5.73 Å². The maximum absolute atomic E-state index is 13.6. The normalized spacial score (nSPS) is 21.5. The van der Waals surface area contributed by atoms with Gasteiger partial charge >= 0.3 is 6.18 Å². The summed E-state index contributed by atoms with van der Waals surface area (Å²) in [6.07, 6.45) is -0.183. The number of nitrogens with two attached hydrogens (primary N) is 1. The van der Waals surface area contributed by atoms with Crippen molar-refractivity contribution in [1.82, 2.24) is 25.0 Å². The number of nitrogens with one attached hydrogen (secondary N) is 1. The first-order valence-corrected chi connectivity index (χ1v) is 9.58. The van der Waals surface area contributed by atoms with Crippen molar-refractivity contribution in [2.45, 2.75) is 44.3 Å². The number of carbonyl (C=O) groups excluding carboxylic acids is 1. The molecule has 152 valence electrons. The Labute approximate surface area is 160 Å². The molecule has 4 rings (SSSR count). The van der Waals surface area contributed by atoms with Gasteiger partial charge in [0.1, 0.15) is 5.82 Å². The smallest absolute Gasteiger partial charge is 0.383 e. The maximum Gasteiger partial charge on any atom is 0.417 e. The minimum atomic E-state index is -4.59. The van der Waals surface area contributed by atoms with E-state index in [-0.39, 0.29) is 28.5 Å². The number of aromatic nitrogens is 3. The van der Waals surface area contributed by atoms with Gasteiger partial charge < -0.3 is 10.6 Å². The molecule has 3 N–H and O–H groups in total. The highest BCUT2D eigenvalue weighted by Gasteiger charge is 2.37. The molecule has 2 fully saturated rings. The zero-order valence-electron chi connectivity index (χ0n) is 15.4. The van der Waals surface area contributed by atoms with Crippen molar-refractivity contribution in [3.8, 4) is 0 Å². The standard InChI is InChI=1S/C18H23F3N6O/c19-18(20,21)11-9-12(23-17-15(11)16(22)24-25-17)13-5-1-2-8-27(13)14(28)10-26-6-3-4-7-26/h9,13H,1-8,10H2,(H3,22,23,24,25)/t13-/m1/s1. The van der Waals surface area contributed by atoms with E-state index in [1.54, 1.807) is 4.90 Å². The van der Waals surface area contributed by atoms with Crippen LogP contribution in [0.15, 0.2) is 6.07 Å². The molecule has 0 unspecified atom stereocenters. The highest BCUT2D eigenvalue weighted by Crippen LogP contribution is 2.39. The van der Waals surface area contributed by atoms with Crippen molar-refractivity contribution < 1.29 is 18.0 Å². The van der Waals surface area contributed by atoms with Crippen molar-refractivity contribution in [3.63, 3.8) is 0 Å². The summed E-state index contributed by atoms with van der Waals surface area (Å²) >= 11 is 0. The lowest BCUT2D eigenvalue weighted by molar-refractivity contribution is -0.136. The quantitative estimate of drug-likeness (QED) is 0.833. The molecule has 7 nitrogen and oxygen atoms in total. The van der Waals surface area contributed by atoms with Gasteiger partial charge in [-0.2, -0.15) is 18.3 Å². The summed E-state index contributed by atoms with van der Waals surface area (Å²) in [5, 5.41) is 5.99. The molecule has 1 atom stereocenters. The van der Waals surface area contributed by atoms with Gasteiger partial charge in [-0.15, -0.1) is 0 Å². The van der Waals surface area contributed by atoms with Gasteiger partial charge in [0.15, 0.2) is 5.65 Å². The van der Waals surface area contributed by atoms with E-state index in [2.05, 4.69) is 20.1 Å². The van der Waals surface area contributed by atoms with E-state index in [0.717, 1.165) is 44.8 Å². The number of halogens is 3. The minimum Gasteiger partial charge on any atom is -0.383 e. The van der Waals surface area contributed by atoms with Gasteiger partial charge in [0.05, 0.1) is 29.2 Å². The second kappa shape index (κ2) is 7.23. The molecule has 2 aromatic rings. The first kappa shape index (κ1) is 19.0. The molecule has 0 aromatic carbocycles. The summed E-state index contributed by atoms with van der Waals surface area (Å²) in [6.45, 7) is 2.61. The monoisotopic (exact) mass is 396 g/mol. The third kappa shape index (κ3) is 3.52. The second-order valence-corrected chi connectivity index (χ2v) is 7.51. The van der Waals surface area contributed by atoms with Crippen LogP contribution in [-0.4, -0.2) is 57.1 Å². The number of carbonyl (C=O) groups is 1. The van der Waals surface area contributed by atoms with Gasteiger partial charge in [-0.25, -0.2) is 4.98 Å². The second-order valence-electron chi connectivity index (χ2n) is 7.51. The Bertz CT molecular complexity index is 874. The lowest BCUT2D eigenvalue weighted by Crippen LogP contribution is -2.44. The van der Waals surface area contributed by atoms with Gasteiger partial charge in [-0.1, -0.05) is 0 Å². The lowest BCUT2D eigenvalue weighted by atomic mass is 9.97. The van der Waals surface area contributed by atoms with Gasteiger partial charge in [-0.05, 0) is 51.3 Å². The van der Waals surface area contributed by atoms with E-state index < -0.39 is 17.8 Å². The highest BCUT2D eigenvalue weighted by molar-refractivity contribution is 5.90. The molecule has 0 aliphatic carbocycles. The van der Waals surface area contributed by atoms with Crippen LogP contribution in [0.2, 0.25) is 0 Å². The fourth-order valence-electron chi connectivity index (χ4n) is 4.22. The molecule has 2 aliphatic heterocycles. The summed E-state index contributed by atoms with van der Waals surface area (Å²) < 4.78 is 40.9. The number of hydrogen-bond acceptors (Lipinski definition) is 5. The number of amides is 1. The maximum atomic E-state index is 13.6. The average molecular weight is 396 g/mol. The van der Waals surface area contributed by atoms with Gasteiger partial charge in [-0.3, -0.25) is 14.8 Å². The van der Waals surface area contributed by atoms with Crippen LogP contribution in [0.4, 0.5) is 19.0 Å². The van der Waals surface area contributed by atoms with Crippen molar-refractivity contribution in [2.75, 3.05) is 31.9 Å². The Morgan fingerprint density at radius 3 is 2.64 bits per heavy atom. The molecule has 2 aromatic heterocycles. The minimum absolute atomic E-state index is 0.0522. The summed E-state index contributed by atoms with van der Waals surface area (Å²) in [5.74, 6) is -0.212. The molecular weight excluding hydrogens is 373 g/mol. The number of pyridine rings is 1. The number of nitrogen functional groups attached to an aromatic ring is 1. The largest absolute Gasteiger partial charge is 0.417 e. The molecular formula is C18H23F3N6O. The summed E-state index contributed by atoms with van der Waals surface area (Å²) in [7, 11) is 0. The van der Waals surface area contributed by atoms with Crippen molar-refractivity contribution >= 4 is 22.8 Å². The first-order valence-electron chi connectivity index (χ1n) is 9.58. The summed E-state index contributed by atoms with van der Waals surface area (Å²) in [6, 6.07) is 0.549. The van der Waals surface area contributed by atoms with Crippen LogP contribution in [0.1, 0.15) is 49.4 Å². The van der Waals surface area contributed by atoms with E-state index in [1.807, 2.05) is 0 Å². The number of anilines is 1. The fraction of sp³-hybridized carbons (Fsp3) is 0.611. The number of hydrogen-bond donors (Lipinski definition) is 2. The van der Waals surface area contributed by atoms with E-state index >= 15 is 0 Å². The fourth-order valence-corrected chi connectivity index (χ4v) is 4.22. The number of aromatic amines is 1. The zero-order valence-corrected chi connectivity index (χ0v) is 15.4. The van der Waals surface area contributed by atoms with Crippen LogP contribution in [0, 0.1) is 0 Å². The molecule has 0 radical (unpaired) electrons. The first-order chi connectivity index (χ1) is 13.3. The average Bonchev–Trinajstić information content (AvgIpc) is 3.30. The molecule has 4 heterocycles. The third-order valence-electron chi connectivity index (χ3n) is 5.60. The number of nitrogens with zero attached hydrogens (tertiary/aromatic N) is 4. The van der Waals surface area contributed by atoms with Crippen LogP contribution in [0.3, 0.4) is 0 Å². The van der Waals surface area contributed by atoms with E-state index in [9.17, 15) is 18.0 Å². The van der Waals surface area contributed by atoms with Crippen LogP contribution in [0.25, 0.3) is 11.0 Å². The molecule has 28 heavy (non-hydrogen) atoms. The van der Waals surface area contributed by atoms with Crippen molar-refractivity contribution in [2.24, 2.45) is 0 Å². The van der Waals surface area contributed by atoms with Crippen LogP contribution in [0.5, 0.6) is 0 Å². The SMILES string of the molecule is Nc1[nH]nc2nc([C@H]3CCCCN3C(=O)CN3CCCC3)cc(C(F)(F)F)c12. The van der Waals surface area contributed by atoms with E-state index in [0.29, 0.717) is 19.5 Å². The van der Waals surface area contributed by atoms with E-state index in [1.165, 1.54) is 0 Å². The number of alkyl halides is 3. The Morgan fingerprint density at radius 1 is 1.21 bits per heavy atom. The molecule has 0 bridgehead atoms. The predicted octanol–water partition coefficient (Wildman–Crippen LogP) is 2.71. The van der Waals surface area contributed by atoms with Gasteiger partial charge in [0, 0.05) is 6.54 Å². The van der Waals surface area contributed by atoms with Crippen LogP contribution >= 0.6 is 0 Å². The number of H-pyrrole nitrogens is 1. The molecule has 2 aliphatic rings. The number of likely N-dealkylation sites (tertiary alicyclic amines) is 2. The van der Waals surface area contributed by atoms with Gasteiger partial charge in [0.2, 0.25) is 5.91 Å². The van der Waals surface area contributed by atoms with Crippen molar-refractivity contribution in [1.29, 1.82) is 0 Å². The number of fused-ring (bicyclic) bond motifs is 1. The Balaban J connectivity index is 1.69. The third-order valence-corrected chi connectivity index (χ3v) is 5.60. The molecule has 1 amide bonds. The van der Waals surface area contributed by atoms with Crippen LogP contribution in [-0.2, 0) is 11.0 Å². The molecule has 10 heteroatoms. The van der Waals surface area contributed by atoms with Crippen molar-refractivity contribution in [3.05, 3.63) is 17.3 Å². The molecule has 0 saturated carbocycles. The summed E-state index contributed by atoms with van der Waals surface area (Å²) in [4.78, 5) is 21.0. The van der Waals surface area contributed by atoms with E-state index in [4.69, 9.17) is 5.73 Å².